The van der Waals surface area contributed by atoms with E-state index in [2.05, 4.69) is 62.7 Å². The molecule has 0 radical (unpaired) electrons. The van der Waals surface area contributed by atoms with Crippen LogP contribution in [0, 0.1) is 0 Å². The van der Waals surface area contributed by atoms with Gasteiger partial charge in [-0.05, 0) is 134 Å². The highest BCUT2D eigenvalue weighted by atomic mass is 16.6. The van der Waals surface area contributed by atoms with Gasteiger partial charge >= 0.3 is 12.2 Å². The summed E-state index contributed by atoms with van der Waals surface area (Å²) in [5, 5.41) is 28.6. The molecule has 0 saturated heterocycles. The number of nitrogens with one attached hydrogen (secondary N) is 4. The van der Waals surface area contributed by atoms with Crippen LogP contribution in [0.1, 0.15) is 129 Å². The van der Waals surface area contributed by atoms with E-state index in [1.807, 2.05) is 96.3 Å². The predicted molar refractivity (Wildman–Crippen MR) is 294 cm³/mol. The minimum absolute atomic E-state index is 0.0245. The van der Waals surface area contributed by atoms with Gasteiger partial charge in [0, 0.05) is 56.2 Å². The lowest BCUT2D eigenvalue weighted by Crippen LogP contribution is -2.35. The van der Waals surface area contributed by atoms with Crippen LogP contribution in [0.2, 0.25) is 0 Å². The summed E-state index contributed by atoms with van der Waals surface area (Å²) in [6.45, 7) is 15.6. The van der Waals surface area contributed by atoms with Gasteiger partial charge in [0.1, 0.15) is 11.2 Å². The molecule has 2 aromatic carbocycles. The normalized spacial score (nSPS) is 15.4. The molecule has 6 aromatic rings. The topological polar surface area (TPSA) is 294 Å². The number of hydrogen-bond donors (Lipinski definition) is 5. The summed E-state index contributed by atoms with van der Waals surface area (Å²) in [7, 11) is 3.58. The fraction of sp³-hybridized carbons (Fsp3) is 0.429. The number of nitrogen functional groups attached to an aromatic ring is 1. The number of aromatic nitrogens is 8. The molecule has 4 amide bonds. The number of rotatable bonds is 15. The SMILES string of the molecule is CCC(=O)NC1CC=C(c2cnc(N)c(-c3nnc(-c4ccc(CNC)cc4)o3)n2)CC1.CCC(=O)NC1CC=C(c2cnc(NC(=O)OC(C)(C)C)c(-c3nnc(-c4ccc(CN(C)C(=O)OC(C)(C)C)cc4)o3)n2)CC1. The number of ether oxygens (including phenoxy) is 2. The molecule has 412 valence electrons. The van der Waals surface area contributed by atoms with E-state index in [0.717, 1.165) is 65.8 Å². The van der Waals surface area contributed by atoms with Gasteiger partial charge in [-0.1, -0.05) is 50.3 Å². The summed E-state index contributed by atoms with van der Waals surface area (Å²) in [5.41, 5.74) is 12.2. The van der Waals surface area contributed by atoms with Crippen LogP contribution in [-0.2, 0) is 32.2 Å². The summed E-state index contributed by atoms with van der Waals surface area (Å²) >= 11 is 0. The maximum Gasteiger partial charge on any atom is 0.413 e. The van der Waals surface area contributed by atoms with Crippen molar-refractivity contribution in [1.29, 1.82) is 0 Å². The molecule has 0 saturated carbocycles. The Morgan fingerprint density at radius 2 is 1.14 bits per heavy atom. The highest BCUT2D eigenvalue weighted by molar-refractivity contribution is 5.88. The average Bonchev–Trinajstić information content (AvgIpc) is 4.12. The number of carbonyl (C=O) groups excluding carboxylic acids is 4. The second-order valence-electron chi connectivity index (χ2n) is 20.9. The van der Waals surface area contributed by atoms with E-state index in [4.69, 9.17) is 29.0 Å². The number of benzene rings is 2. The molecule has 0 fully saturated rings. The summed E-state index contributed by atoms with van der Waals surface area (Å²) in [4.78, 5) is 68.2. The third-order valence-electron chi connectivity index (χ3n) is 12.2. The van der Waals surface area contributed by atoms with E-state index >= 15 is 0 Å². The van der Waals surface area contributed by atoms with Gasteiger partial charge in [0.2, 0.25) is 23.6 Å². The molecule has 2 unspecified atom stereocenters. The van der Waals surface area contributed by atoms with Crippen molar-refractivity contribution >= 4 is 46.8 Å². The third kappa shape index (κ3) is 16.1. The lowest BCUT2D eigenvalue weighted by Gasteiger charge is -2.24. The number of anilines is 2. The van der Waals surface area contributed by atoms with Crippen molar-refractivity contribution in [2.75, 3.05) is 25.1 Å². The lowest BCUT2D eigenvalue weighted by atomic mass is 9.93. The number of allylic oxidation sites excluding steroid dienone is 2. The Morgan fingerprint density at radius 3 is 1.62 bits per heavy atom. The largest absolute Gasteiger partial charge is 0.444 e. The van der Waals surface area contributed by atoms with E-state index < -0.39 is 23.4 Å². The number of amides is 4. The molecule has 4 heterocycles. The third-order valence-corrected chi connectivity index (χ3v) is 12.2. The minimum Gasteiger partial charge on any atom is -0.444 e. The molecule has 4 aromatic heterocycles. The number of carbonyl (C=O) groups is 4. The van der Waals surface area contributed by atoms with Crippen molar-refractivity contribution in [2.45, 2.75) is 143 Å². The number of hydrogen-bond acceptors (Lipinski definition) is 18. The molecular formula is C56H70N14O8. The molecule has 8 rings (SSSR count). The summed E-state index contributed by atoms with van der Waals surface area (Å²) in [6, 6.07) is 15.5. The van der Waals surface area contributed by atoms with E-state index in [1.165, 1.54) is 4.90 Å². The second kappa shape index (κ2) is 25.6. The smallest absolute Gasteiger partial charge is 0.413 e. The van der Waals surface area contributed by atoms with Crippen LogP contribution < -0.4 is 27.0 Å². The molecule has 22 nitrogen and oxygen atoms in total. The molecule has 78 heavy (non-hydrogen) atoms. The van der Waals surface area contributed by atoms with E-state index in [1.54, 1.807) is 40.2 Å². The van der Waals surface area contributed by atoms with Crippen LogP contribution in [-0.4, -0.2) is 107 Å². The van der Waals surface area contributed by atoms with Crippen LogP contribution in [0.15, 0.2) is 81.9 Å². The molecule has 2 atom stereocenters. The van der Waals surface area contributed by atoms with Crippen molar-refractivity contribution in [2.24, 2.45) is 0 Å². The van der Waals surface area contributed by atoms with E-state index in [0.29, 0.717) is 55.1 Å². The van der Waals surface area contributed by atoms with Gasteiger partial charge in [-0.3, -0.25) is 14.9 Å². The lowest BCUT2D eigenvalue weighted by molar-refractivity contribution is -0.122. The Balaban J connectivity index is 0.000000241. The van der Waals surface area contributed by atoms with Crippen molar-refractivity contribution in [3.05, 3.63) is 95.6 Å². The Hall–Kier alpha value is -8.40. The highest BCUT2D eigenvalue weighted by Crippen LogP contribution is 2.33. The maximum atomic E-state index is 12.6. The van der Waals surface area contributed by atoms with Crippen molar-refractivity contribution < 1.29 is 37.5 Å². The fourth-order valence-electron chi connectivity index (χ4n) is 8.22. The van der Waals surface area contributed by atoms with Crippen LogP contribution in [0.4, 0.5) is 21.2 Å². The zero-order valence-corrected chi connectivity index (χ0v) is 46.0. The fourth-order valence-corrected chi connectivity index (χ4v) is 8.22. The highest BCUT2D eigenvalue weighted by Gasteiger charge is 2.26. The number of nitrogens with zero attached hydrogens (tertiary/aromatic N) is 9. The molecule has 22 heteroatoms. The summed E-state index contributed by atoms with van der Waals surface area (Å²) in [6.07, 6.45) is 11.7. The van der Waals surface area contributed by atoms with Gasteiger partial charge in [-0.15, -0.1) is 20.4 Å². The first-order valence-electron chi connectivity index (χ1n) is 26.1. The molecule has 0 spiro atoms. The van der Waals surface area contributed by atoms with Crippen LogP contribution in [0.3, 0.4) is 0 Å². The van der Waals surface area contributed by atoms with Crippen LogP contribution in [0.5, 0.6) is 0 Å². The van der Waals surface area contributed by atoms with Crippen molar-refractivity contribution in [3.63, 3.8) is 0 Å². The summed E-state index contributed by atoms with van der Waals surface area (Å²) in [5.74, 6) is 1.37. The first kappa shape index (κ1) is 57.3. The van der Waals surface area contributed by atoms with Crippen LogP contribution in [0.25, 0.3) is 57.2 Å². The molecule has 6 N–H and O–H groups in total. The standard InChI is InChI=1S/C33H43N7O6.C23H27N7O2/c1-9-25(41)35-23-16-14-21(15-17-23)24-18-34-27(37-30(42)45-32(2,3)4)26(36-24)29-39-38-28(44-29)22-12-10-20(11-13-22)19-40(8)31(43)46-33(5,6)7;1-3-19(31)27-17-10-8-15(9-11-17)18-13-26-21(24)20(28-18)23-30-29-22(32-23)16-6-4-14(5-7-16)12-25-2/h10-14,18,23H,9,15-17,19H2,1-8H3,(H,35,41)(H,34,37,42);4-8,13,17,25H,3,9-12H2,1-2H3,(H2,24,26)(H,27,31). The molecule has 2 aliphatic rings. The molecule has 0 bridgehead atoms. The quantitative estimate of drug-likeness (QED) is 0.0640. The van der Waals surface area contributed by atoms with Crippen molar-refractivity contribution in [3.8, 4) is 46.1 Å². The van der Waals surface area contributed by atoms with Gasteiger partial charge in [-0.25, -0.2) is 29.5 Å². The Bertz CT molecular complexity index is 3120. The number of nitrogens with two attached hydrogens (primary N) is 1. The van der Waals surface area contributed by atoms with Gasteiger partial charge in [0.25, 0.3) is 11.8 Å². The molecule has 0 aliphatic heterocycles. The second-order valence-corrected chi connectivity index (χ2v) is 20.9. The van der Waals surface area contributed by atoms with Crippen LogP contribution >= 0.6 is 0 Å². The van der Waals surface area contributed by atoms with Gasteiger partial charge < -0.3 is 44.9 Å². The first-order chi connectivity index (χ1) is 37.2. The van der Waals surface area contributed by atoms with Gasteiger partial charge in [-0.2, -0.15) is 0 Å². The van der Waals surface area contributed by atoms with Crippen molar-refractivity contribution in [1.82, 2.24) is 61.2 Å². The van der Waals surface area contributed by atoms with E-state index in [9.17, 15) is 19.2 Å². The monoisotopic (exact) mass is 1070 g/mol. The Labute approximate surface area is 453 Å². The van der Waals surface area contributed by atoms with Gasteiger partial charge in [0.05, 0.1) is 23.8 Å². The predicted octanol–water partition coefficient (Wildman–Crippen LogP) is 9.33. The first-order valence-corrected chi connectivity index (χ1v) is 26.1. The molecular weight excluding hydrogens is 997 g/mol. The zero-order chi connectivity index (χ0) is 56.1. The summed E-state index contributed by atoms with van der Waals surface area (Å²) < 4.78 is 22.8. The Morgan fingerprint density at radius 1 is 0.667 bits per heavy atom. The van der Waals surface area contributed by atoms with Gasteiger partial charge in [0.15, 0.2) is 23.0 Å². The zero-order valence-electron chi connectivity index (χ0n) is 46.0. The maximum absolute atomic E-state index is 12.6. The molecule has 2 aliphatic carbocycles. The Kier molecular flexibility index (Phi) is 18.8. The minimum atomic E-state index is -0.722. The average molecular weight is 1070 g/mol. The van der Waals surface area contributed by atoms with E-state index in [-0.39, 0.29) is 58.9 Å².